The van der Waals surface area contributed by atoms with Gasteiger partial charge in [0.05, 0.1) is 11.7 Å². The van der Waals surface area contributed by atoms with E-state index in [2.05, 4.69) is 0 Å². The van der Waals surface area contributed by atoms with E-state index >= 15 is 0 Å². The van der Waals surface area contributed by atoms with Crippen LogP contribution in [0.3, 0.4) is 0 Å². The molecule has 1 aliphatic heterocycles. The van der Waals surface area contributed by atoms with Gasteiger partial charge in [0.25, 0.3) is 0 Å². The highest BCUT2D eigenvalue weighted by atomic mass is 35.5. The Morgan fingerprint density at radius 1 is 0.960 bits per heavy atom. The van der Waals surface area contributed by atoms with E-state index in [1.165, 1.54) is 0 Å². The second-order valence-corrected chi connectivity index (χ2v) is 6.38. The molecule has 0 spiro atoms. The van der Waals surface area contributed by atoms with Crippen molar-refractivity contribution >= 4 is 29.1 Å². The summed E-state index contributed by atoms with van der Waals surface area (Å²) in [6.07, 6.45) is 1.95. The normalized spacial score (nSPS) is 16.1. The first kappa shape index (κ1) is 15.7. The average molecular weight is 351 g/mol. The van der Waals surface area contributed by atoms with Crippen LogP contribution in [0.2, 0.25) is 5.02 Å². The lowest BCUT2D eigenvalue weighted by Gasteiger charge is -2.23. The Bertz CT molecular complexity index is 932. The first-order valence-corrected chi connectivity index (χ1v) is 8.37. The summed E-state index contributed by atoms with van der Waals surface area (Å²) in [5.41, 5.74) is 2.20. The van der Waals surface area contributed by atoms with Crippen LogP contribution in [-0.4, -0.2) is 16.4 Å². The largest absolute Gasteiger partial charge is 0.333 e. The molecule has 0 aliphatic carbocycles. The SMILES string of the molecule is O=C(CC1c2cccn2C(=O)N1c1ccccc1)c1ccc(Cl)cc1. The lowest BCUT2D eigenvalue weighted by Crippen LogP contribution is -2.30. The van der Waals surface area contributed by atoms with Crippen LogP contribution in [0.1, 0.15) is 28.5 Å². The monoisotopic (exact) mass is 350 g/mol. The van der Waals surface area contributed by atoms with Gasteiger partial charge in [-0.3, -0.25) is 14.3 Å². The van der Waals surface area contributed by atoms with Crippen LogP contribution in [0.25, 0.3) is 0 Å². The zero-order valence-corrected chi connectivity index (χ0v) is 14.1. The molecular formula is C20H15ClN2O2. The maximum Gasteiger partial charge on any atom is 0.333 e. The zero-order chi connectivity index (χ0) is 17.4. The molecule has 1 unspecified atom stereocenters. The van der Waals surface area contributed by atoms with Crippen LogP contribution in [0.4, 0.5) is 10.5 Å². The molecule has 124 valence electrons. The molecule has 1 aromatic heterocycles. The third-order valence-corrected chi connectivity index (χ3v) is 4.68. The number of fused-ring (bicyclic) bond motifs is 1. The van der Waals surface area contributed by atoms with Crippen LogP contribution in [0.5, 0.6) is 0 Å². The van der Waals surface area contributed by atoms with E-state index in [1.54, 1.807) is 39.9 Å². The van der Waals surface area contributed by atoms with Crippen molar-refractivity contribution in [2.24, 2.45) is 0 Å². The predicted octanol–water partition coefficient (Wildman–Crippen LogP) is 4.94. The lowest BCUT2D eigenvalue weighted by atomic mass is 10.0. The van der Waals surface area contributed by atoms with E-state index < -0.39 is 0 Å². The first-order chi connectivity index (χ1) is 12.1. The topological polar surface area (TPSA) is 42.3 Å². The molecule has 0 saturated carbocycles. The Morgan fingerprint density at radius 2 is 1.68 bits per heavy atom. The average Bonchev–Trinajstić information content (AvgIpc) is 3.20. The molecular weight excluding hydrogens is 336 g/mol. The van der Waals surface area contributed by atoms with E-state index in [0.29, 0.717) is 10.6 Å². The van der Waals surface area contributed by atoms with E-state index in [0.717, 1.165) is 11.4 Å². The van der Waals surface area contributed by atoms with Gasteiger partial charge in [0.2, 0.25) is 0 Å². The number of Topliss-reactive ketones (excluding diaryl/α,β-unsaturated/α-hetero) is 1. The number of para-hydroxylation sites is 1. The highest BCUT2D eigenvalue weighted by Crippen LogP contribution is 2.37. The van der Waals surface area contributed by atoms with Gasteiger partial charge in [0.1, 0.15) is 0 Å². The number of rotatable bonds is 4. The van der Waals surface area contributed by atoms with Crippen LogP contribution >= 0.6 is 11.6 Å². The second kappa shape index (κ2) is 6.22. The minimum atomic E-state index is -0.326. The van der Waals surface area contributed by atoms with Crippen molar-refractivity contribution in [3.63, 3.8) is 0 Å². The molecule has 4 nitrogen and oxygen atoms in total. The molecule has 1 amide bonds. The van der Waals surface area contributed by atoms with Crippen LogP contribution in [0, 0.1) is 0 Å². The summed E-state index contributed by atoms with van der Waals surface area (Å²) in [6.45, 7) is 0. The number of nitrogens with zero attached hydrogens (tertiary/aromatic N) is 2. The van der Waals surface area contributed by atoms with Crippen molar-refractivity contribution in [1.29, 1.82) is 0 Å². The summed E-state index contributed by atoms with van der Waals surface area (Å²) in [7, 11) is 0. The molecule has 0 radical (unpaired) electrons. The van der Waals surface area contributed by atoms with E-state index in [9.17, 15) is 9.59 Å². The predicted molar refractivity (Wildman–Crippen MR) is 97.3 cm³/mol. The van der Waals surface area contributed by atoms with E-state index in [4.69, 9.17) is 11.6 Å². The van der Waals surface area contributed by atoms with Crippen molar-refractivity contribution in [3.05, 3.63) is 89.2 Å². The van der Waals surface area contributed by atoms with Gasteiger partial charge in [-0.1, -0.05) is 29.8 Å². The highest BCUT2D eigenvalue weighted by molar-refractivity contribution is 6.30. The van der Waals surface area contributed by atoms with Gasteiger partial charge in [-0.15, -0.1) is 0 Å². The Balaban J connectivity index is 1.69. The fraction of sp³-hybridized carbons (Fsp3) is 0.100. The Morgan fingerprint density at radius 3 is 2.40 bits per heavy atom. The molecule has 1 atom stereocenters. The Kier molecular flexibility index (Phi) is 3.90. The molecule has 0 bridgehead atoms. The Labute approximate surface area is 150 Å². The third-order valence-electron chi connectivity index (χ3n) is 4.42. The number of halogens is 1. The number of carbonyl (C=O) groups excluding carboxylic acids is 2. The maximum absolute atomic E-state index is 12.8. The fourth-order valence-electron chi connectivity index (χ4n) is 3.23. The minimum Gasteiger partial charge on any atom is -0.294 e. The second-order valence-electron chi connectivity index (χ2n) is 5.94. The van der Waals surface area contributed by atoms with Gasteiger partial charge in [0, 0.05) is 28.9 Å². The minimum absolute atomic E-state index is 0.0231. The number of aromatic nitrogens is 1. The quantitative estimate of drug-likeness (QED) is 0.625. The van der Waals surface area contributed by atoms with Crippen molar-refractivity contribution in [2.45, 2.75) is 12.5 Å². The molecule has 4 rings (SSSR count). The molecule has 0 fully saturated rings. The first-order valence-electron chi connectivity index (χ1n) is 8.00. The number of hydrogen-bond donors (Lipinski definition) is 0. The summed E-state index contributed by atoms with van der Waals surface area (Å²) in [6, 6.07) is 19.5. The number of benzene rings is 2. The smallest absolute Gasteiger partial charge is 0.294 e. The number of carbonyl (C=O) groups is 2. The van der Waals surface area contributed by atoms with Crippen molar-refractivity contribution in [3.8, 4) is 0 Å². The summed E-state index contributed by atoms with van der Waals surface area (Å²) in [5, 5.41) is 0.590. The number of amides is 1. The lowest BCUT2D eigenvalue weighted by molar-refractivity contribution is 0.0974. The third kappa shape index (κ3) is 2.75. The molecule has 25 heavy (non-hydrogen) atoms. The summed E-state index contributed by atoms with van der Waals surface area (Å²) in [5.74, 6) is -0.0231. The van der Waals surface area contributed by atoms with E-state index in [1.807, 2.05) is 42.5 Å². The fourth-order valence-corrected chi connectivity index (χ4v) is 3.35. The number of hydrogen-bond acceptors (Lipinski definition) is 2. The molecule has 3 aromatic rings. The van der Waals surface area contributed by atoms with Gasteiger partial charge in [0.15, 0.2) is 5.78 Å². The maximum atomic E-state index is 12.8. The van der Waals surface area contributed by atoms with Crippen LogP contribution < -0.4 is 4.90 Å². The highest BCUT2D eigenvalue weighted by Gasteiger charge is 2.38. The van der Waals surface area contributed by atoms with Gasteiger partial charge >= 0.3 is 6.03 Å². The molecule has 2 aromatic carbocycles. The van der Waals surface area contributed by atoms with Gasteiger partial charge < -0.3 is 0 Å². The van der Waals surface area contributed by atoms with Crippen molar-refractivity contribution in [2.75, 3.05) is 4.90 Å². The molecule has 1 aliphatic rings. The van der Waals surface area contributed by atoms with E-state index in [-0.39, 0.29) is 24.3 Å². The molecule has 2 heterocycles. The standard InChI is InChI=1S/C20H15ClN2O2/c21-15-10-8-14(9-11-15)19(24)13-18-17-7-4-12-22(17)20(25)23(18)16-5-2-1-3-6-16/h1-12,18H,13H2. The zero-order valence-electron chi connectivity index (χ0n) is 13.3. The van der Waals surface area contributed by atoms with Crippen molar-refractivity contribution in [1.82, 2.24) is 4.57 Å². The van der Waals surface area contributed by atoms with Crippen LogP contribution in [0.15, 0.2) is 72.9 Å². The summed E-state index contributed by atoms with van der Waals surface area (Å²) >= 11 is 5.89. The molecule has 0 N–H and O–H groups in total. The van der Waals surface area contributed by atoms with Crippen molar-refractivity contribution < 1.29 is 9.59 Å². The summed E-state index contributed by atoms with van der Waals surface area (Å²) in [4.78, 5) is 27.2. The van der Waals surface area contributed by atoms with Gasteiger partial charge in [-0.25, -0.2) is 4.79 Å². The number of ketones is 1. The van der Waals surface area contributed by atoms with Gasteiger partial charge in [-0.05, 0) is 48.5 Å². The Hall–Kier alpha value is -2.85. The number of anilines is 1. The summed E-state index contributed by atoms with van der Waals surface area (Å²) < 4.78 is 1.60. The van der Waals surface area contributed by atoms with Gasteiger partial charge in [-0.2, -0.15) is 0 Å². The van der Waals surface area contributed by atoms with Crippen LogP contribution in [-0.2, 0) is 0 Å². The molecule has 5 heteroatoms. The molecule has 0 saturated heterocycles.